The summed E-state index contributed by atoms with van der Waals surface area (Å²) in [5, 5.41) is 7.58. The van der Waals surface area contributed by atoms with Gasteiger partial charge in [0.1, 0.15) is 6.33 Å². The predicted molar refractivity (Wildman–Crippen MR) is 58.4 cm³/mol. The molecule has 0 bridgehead atoms. The van der Waals surface area contributed by atoms with Gasteiger partial charge in [-0.1, -0.05) is 0 Å². The molecule has 0 aromatic carbocycles. The van der Waals surface area contributed by atoms with Crippen LogP contribution in [0, 0.1) is 6.92 Å². The van der Waals surface area contributed by atoms with Crippen LogP contribution in [-0.2, 0) is 6.54 Å². The quantitative estimate of drug-likeness (QED) is 0.836. The lowest BCUT2D eigenvalue weighted by molar-refractivity contribution is 1.05. The van der Waals surface area contributed by atoms with Gasteiger partial charge in [-0.15, -0.1) is 11.3 Å². The fraction of sp³-hybridized carbons (Fsp3) is 0.200. The molecule has 0 fully saturated rings. The van der Waals surface area contributed by atoms with Gasteiger partial charge < -0.3 is 5.32 Å². The Kier molecular flexibility index (Phi) is 2.74. The molecule has 0 atom stereocenters. The molecule has 1 N–H and O–H groups in total. The lowest BCUT2D eigenvalue weighted by Crippen LogP contribution is -2.00. The molecule has 0 unspecified atom stereocenters. The van der Waals surface area contributed by atoms with Gasteiger partial charge in [-0.05, 0) is 17.9 Å². The van der Waals surface area contributed by atoms with Crippen LogP contribution in [0.4, 0.5) is 5.69 Å². The van der Waals surface area contributed by atoms with Crippen molar-refractivity contribution in [2.24, 2.45) is 0 Å². The fourth-order valence-electron chi connectivity index (χ4n) is 1.16. The largest absolute Gasteiger partial charge is 0.380 e. The lowest BCUT2D eigenvalue weighted by atomic mass is 10.3. The summed E-state index contributed by atoms with van der Waals surface area (Å²) in [6.45, 7) is 2.87. The van der Waals surface area contributed by atoms with Gasteiger partial charge in [0.25, 0.3) is 0 Å². The van der Waals surface area contributed by atoms with Gasteiger partial charge >= 0.3 is 0 Å². The Hall–Kier alpha value is -1.42. The van der Waals surface area contributed by atoms with Gasteiger partial charge in [-0.3, -0.25) is 0 Å². The maximum Gasteiger partial charge on any atom is 0.115 e. The highest BCUT2D eigenvalue weighted by Gasteiger charge is 1.98. The highest BCUT2D eigenvalue weighted by atomic mass is 32.1. The summed E-state index contributed by atoms with van der Waals surface area (Å²) >= 11 is 1.71. The first-order valence-corrected chi connectivity index (χ1v) is 5.31. The van der Waals surface area contributed by atoms with Gasteiger partial charge in [0, 0.05) is 35.6 Å². The standard InChI is InChI=1S/C10H11N3S/c1-8-5-14-6-10(8)13-4-9-2-11-7-12-3-9/h2-3,5-7,13H,4H2,1H3. The molecule has 3 nitrogen and oxygen atoms in total. The topological polar surface area (TPSA) is 37.8 Å². The van der Waals surface area contributed by atoms with Crippen molar-refractivity contribution in [3.05, 3.63) is 40.6 Å². The van der Waals surface area contributed by atoms with E-state index in [1.165, 1.54) is 11.3 Å². The Morgan fingerprint density at radius 3 is 2.71 bits per heavy atom. The zero-order valence-electron chi connectivity index (χ0n) is 7.90. The van der Waals surface area contributed by atoms with Crippen molar-refractivity contribution in [2.75, 3.05) is 5.32 Å². The molecule has 0 saturated heterocycles. The van der Waals surface area contributed by atoms with Gasteiger partial charge in [0.05, 0.1) is 0 Å². The molecular formula is C10H11N3S. The highest BCUT2D eigenvalue weighted by molar-refractivity contribution is 7.08. The first kappa shape index (κ1) is 9.15. The molecular weight excluding hydrogens is 194 g/mol. The molecule has 2 aromatic heterocycles. The molecule has 0 spiro atoms. The van der Waals surface area contributed by atoms with Crippen molar-refractivity contribution in [1.82, 2.24) is 9.97 Å². The third-order valence-corrected chi connectivity index (χ3v) is 2.81. The van der Waals surface area contributed by atoms with E-state index in [0.717, 1.165) is 12.1 Å². The number of hydrogen-bond acceptors (Lipinski definition) is 4. The third-order valence-electron chi connectivity index (χ3n) is 1.95. The normalized spacial score (nSPS) is 10.1. The summed E-state index contributed by atoms with van der Waals surface area (Å²) in [4.78, 5) is 7.92. The molecule has 0 saturated carbocycles. The zero-order valence-corrected chi connectivity index (χ0v) is 8.71. The van der Waals surface area contributed by atoms with Gasteiger partial charge in [-0.2, -0.15) is 0 Å². The molecule has 2 heterocycles. The van der Waals surface area contributed by atoms with Crippen molar-refractivity contribution in [1.29, 1.82) is 0 Å². The van der Waals surface area contributed by atoms with E-state index < -0.39 is 0 Å². The molecule has 0 aliphatic heterocycles. The molecule has 0 radical (unpaired) electrons. The van der Waals surface area contributed by atoms with Crippen molar-refractivity contribution in [2.45, 2.75) is 13.5 Å². The predicted octanol–water partition coefficient (Wildman–Crippen LogP) is 2.46. The van der Waals surface area contributed by atoms with Crippen molar-refractivity contribution in [3.8, 4) is 0 Å². The van der Waals surface area contributed by atoms with Gasteiger partial charge in [0.2, 0.25) is 0 Å². The smallest absolute Gasteiger partial charge is 0.115 e. The van der Waals surface area contributed by atoms with E-state index >= 15 is 0 Å². The average Bonchev–Trinajstić information content (AvgIpc) is 2.63. The highest BCUT2D eigenvalue weighted by Crippen LogP contribution is 2.19. The van der Waals surface area contributed by atoms with Crippen LogP contribution in [-0.4, -0.2) is 9.97 Å². The maximum atomic E-state index is 3.96. The number of anilines is 1. The number of aryl methyl sites for hydroxylation is 1. The molecule has 4 heteroatoms. The molecule has 2 rings (SSSR count). The Labute approximate surface area is 86.8 Å². The number of aromatic nitrogens is 2. The van der Waals surface area contributed by atoms with E-state index in [9.17, 15) is 0 Å². The Bertz CT molecular complexity index is 397. The summed E-state index contributed by atoms with van der Waals surface area (Å²) in [6.07, 6.45) is 5.18. The van der Waals surface area contributed by atoms with E-state index in [1.54, 1.807) is 17.7 Å². The van der Waals surface area contributed by atoms with Crippen molar-refractivity contribution in [3.63, 3.8) is 0 Å². The number of nitrogens with zero attached hydrogens (tertiary/aromatic N) is 2. The summed E-state index contributed by atoms with van der Waals surface area (Å²) in [6, 6.07) is 0. The molecule has 72 valence electrons. The Morgan fingerprint density at radius 1 is 1.29 bits per heavy atom. The minimum atomic E-state index is 0.776. The van der Waals surface area contributed by atoms with Gasteiger partial charge in [-0.25, -0.2) is 9.97 Å². The Balaban J connectivity index is 1.99. The number of rotatable bonds is 3. The minimum absolute atomic E-state index is 0.776. The van der Waals surface area contributed by atoms with Crippen molar-refractivity contribution < 1.29 is 0 Å². The second-order valence-electron chi connectivity index (χ2n) is 3.07. The average molecular weight is 205 g/mol. The SMILES string of the molecule is Cc1cscc1NCc1cncnc1. The summed E-state index contributed by atoms with van der Waals surface area (Å²) in [7, 11) is 0. The van der Waals surface area contributed by atoms with Crippen LogP contribution in [0.1, 0.15) is 11.1 Å². The van der Waals surface area contributed by atoms with Crippen LogP contribution in [0.3, 0.4) is 0 Å². The monoisotopic (exact) mass is 205 g/mol. The first-order chi connectivity index (χ1) is 6.86. The van der Waals surface area contributed by atoms with E-state index in [0.29, 0.717) is 0 Å². The van der Waals surface area contributed by atoms with Crippen LogP contribution in [0.25, 0.3) is 0 Å². The van der Waals surface area contributed by atoms with Crippen LogP contribution >= 0.6 is 11.3 Å². The van der Waals surface area contributed by atoms with Crippen molar-refractivity contribution >= 4 is 17.0 Å². The summed E-state index contributed by atoms with van der Waals surface area (Å²) in [5.74, 6) is 0. The first-order valence-electron chi connectivity index (χ1n) is 4.37. The van der Waals surface area contributed by atoms with Gasteiger partial charge in [0.15, 0.2) is 0 Å². The van der Waals surface area contributed by atoms with Crippen LogP contribution in [0.2, 0.25) is 0 Å². The van der Waals surface area contributed by atoms with E-state index in [1.807, 2.05) is 12.4 Å². The van der Waals surface area contributed by atoms with E-state index in [2.05, 4.69) is 33.0 Å². The summed E-state index contributed by atoms with van der Waals surface area (Å²) in [5.41, 5.74) is 3.57. The Morgan fingerprint density at radius 2 is 2.07 bits per heavy atom. The molecule has 0 aliphatic carbocycles. The summed E-state index contributed by atoms with van der Waals surface area (Å²) < 4.78 is 0. The number of hydrogen-bond donors (Lipinski definition) is 1. The van der Waals surface area contributed by atoms with Crippen LogP contribution < -0.4 is 5.32 Å². The van der Waals surface area contributed by atoms with Crippen LogP contribution in [0.15, 0.2) is 29.5 Å². The molecule has 14 heavy (non-hydrogen) atoms. The number of nitrogens with one attached hydrogen (secondary N) is 1. The fourth-order valence-corrected chi connectivity index (χ4v) is 1.96. The molecule has 2 aromatic rings. The van der Waals surface area contributed by atoms with Crippen LogP contribution in [0.5, 0.6) is 0 Å². The molecule has 0 aliphatic rings. The second-order valence-corrected chi connectivity index (χ2v) is 3.81. The molecule has 0 amide bonds. The zero-order chi connectivity index (χ0) is 9.80. The minimum Gasteiger partial charge on any atom is -0.380 e. The van der Waals surface area contributed by atoms with E-state index in [4.69, 9.17) is 0 Å². The third kappa shape index (κ3) is 2.09. The maximum absolute atomic E-state index is 3.96. The lowest BCUT2D eigenvalue weighted by Gasteiger charge is -2.04. The van der Waals surface area contributed by atoms with E-state index in [-0.39, 0.29) is 0 Å². The second kappa shape index (κ2) is 4.19. The number of thiophene rings is 1.